The Bertz CT molecular complexity index is 1490. The monoisotopic (exact) mass is 547 g/mol. The Morgan fingerprint density at radius 2 is 1.80 bits per heavy atom. The number of alkyl halides is 3. The number of halogens is 4. The van der Waals surface area contributed by atoms with Crippen LogP contribution < -0.4 is 16.6 Å². The number of carbonyl (C=O) groups excluding carboxylic acids is 1. The molecule has 1 amide bonds. The van der Waals surface area contributed by atoms with E-state index >= 15 is 0 Å². The van der Waals surface area contributed by atoms with Gasteiger partial charge in [0.2, 0.25) is 11.7 Å². The van der Waals surface area contributed by atoms with Crippen molar-refractivity contribution in [2.75, 3.05) is 11.1 Å². The summed E-state index contributed by atoms with van der Waals surface area (Å²) in [4.78, 5) is 31.0. The van der Waals surface area contributed by atoms with Gasteiger partial charge >= 0.3 is 6.18 Å². The lowest BCUT2D eigenvalue weighted by Crippen LogP contribution is -2.28. The first-order valence-corrected chi connectivity index (χ1v) is 11.4. The minimum absolute atomic E-state index is 0.214. The van der Waals surface area contributed by atoms with Gasteiger partial charge in [-0.1, -0.05) is 25.1 Å². The molecule has 0 atom stereocenters. The number of hydrogen-bond acceptors (Lipinski definition) is 4. The molecule has 2 aromatic heterocycles. The van der Waals surface area contributed by atoms with Crippen LogP contribution in [0.1, 0.15) is 23.9 Å². The van der Waals surface area contributed by atoms with Crippen molar-refractivity contribution in [1.29, 1.82) is 0 Å². The van der Waals surface area contributed by atoms with Crippen molar-refractivity contribution in [3.8, 4) is 11.1 Å². The predicted molar refractivity (Wildman–Crippen MR) is 131 cm³/mol. The molecule has 0 aliphatic carbocycles. The number of nitrogens with zero attached hydrogens (tertiary/aromatic N) is 3. The summed E-state index contributed by atoms with van der Waals surface area (Å²) in [6.07, 6.45) is -4.08. The molecule has 0 saturated heterocycles. The van der Waals surface area contributed by atoms with Crippen LogP contribution in [0.2, 0.25) is 0 Å². The SMILES string of the molecule is CCc1c(-c2ccccc2N)c(=O)n2c(Br)c(C)nc2n1CC(=O)Nc1ccc(C(F)(F)F)cc1. The summed E-state index contributed by atoms with van der Waals surface area (Å²) in [5.41, 5.74) is 7.66. The van der Waals surface area contributed by atoms with Gasteiger partial charge in [0.1, 0.15) is 11.1 Å². The molecular weight excluding hydrogens is 527 g/mol. The van der Waals surface area contributed by atoms with Gasteiger partial charge in [0, 0.05) is 22.6 Å². The van der Waals surface area contributed by atoms with Crippen LogP contribution in [0, 0.1) is 6.92 Å². The van der Waals surface area contributed by atoms with E-state index in [0.717, 1.165) is 12.1 Å². The first-order valence-electron chi connectivity index (χ1n) is 10.6. The van der Waals surface area contributed by atoms with Gasteiger partial charge in [-0.3, -0.25) is 9.59 Å². The van der Waals surface area contributed by atoms with Crippen molar-refractivity contribution in [2.45, 2.75) is 33.0 Å². The second-order valence-corrected chi connectivity index (χ2v) is 8.65. The van der Waals surface area contributed by atoms with Gasteiger partial charge in [-0.2, -0.15) is 13.2 Å². The van der Waals surface area contributed by atoms with Gasteiger partial charge in [-0.05, 0) is 59.6 Å². The first-order chi connectivity index (χ1) is 16.5. The Kier molecular flexibility index (Phi) is 6.46. The number of rotatable bonds is 5. The van der Waals surface area contributed by atoms with Gasteiger partial charge in [-0.25, -0.2) is 9.38 Å². The number of nitrogens with two attached hydrogens (primary N) is 1. The van der Waals surface area contributed by atoms with E-state index in [1.807, 2.05) is 6.92 Å². The second kappa shape index (κ2) is 9.21. The third kappa shape index (κ3) is 4.55. The zero-order valence-electron chi connectivity index (χ0n) is 18.8. The van der Waals surface area contributed by atoms with E-state index in [-0.39, 0.29) is 23.6 Å². The van der Waals surface area contributed by atoms with E-state index in [1.165, 1.54) is 16.5 Å². The van der Waals surface area contributed by atoms with Crippen LogP contribution in [-0.4, -0.2) is 19.9 Å². The van der Waals surface area contributed by atoms with E-state index in [0.29, 0.717) is 39.2 Å². The molecule has 2 aromatic carbocycles. The van der Waals surface area contributed by atoms with E-state index in [2.05, 4.69) is 26.2 Å². The molecule has 4 aromatic rings. The van der Waals surface area contributed by atoms with Crippen molar-refractivity contribution in [1.82, 2.24) is 14.0 Å². The number of benzene rings is 2. The van der Waals surface area contributed by atoms with E-state index in [4.69, 9.17) is 5.73 Å². The maximum absolute atomic E-state index is 13.6. The molecule has 0 spiro atoms. The van der Waals surface area contributed by atoms with E-state index in [9.17, 15) is 22.8 Å². The Balaban J connectivity index is 1.82. The van der Waals surface area contributed by atoms with Crippen molar-refractivity contribution < 1.29 is 18.0 Å². The summed E-state index contributed by atoms with van der Waals surface area (Å²) < 4.78 is 42.0. The van der Waals surface area contributed by atoms with Gasteiger partial charge in [0.15, 0.2) is 0 Å². The Labute approximate surface area is 206 Å². The second-order valence-electron chi connectivity index (χ2n) is 7.90. The van der Waals surface area contributed by atoms with Crippen LogP contribution in [0.25, 0.3) is 16.9 Å². The minimum atomic E-state index is -4.47. The quantitative estimate of drug-likeness (QED) is 0.342. The number of imidazole rings is 1. The van der Waals surface area contributed by atoms with Crippen LogP contribution in [0.3, 0.4) is 0 Å². The van der Waals surface area contributed by atoms with Crippen LogP contribution in [0.15, 0.2) is 57.9 Å². The number of anilines is 2. The normalized spacial score (nSPS) is 11.7. The molecule has 0 saturated carbocycles. The molecule has 7 nitrogen and oxygen atoms in total. The molecule has 2 heterocycles. The molecule has 3 N–H and O–H groups in total. The molecule has 0 unspecified atom stereocenters. The zero-order valence-corrected chi connectivity index (χ0v) is 20.4. The van der Waals surface area contributed by atoms with Gasteiger partial charge in [0.05, 0.1) is 16.8 Å². The molecule has 0 fully saturated rings. The first kappa shape index (κ1) is 24.5. The number of hydrogen-bond donors (Lipinski definition) is 2. The Hall–Kier alpha value is -3.60. The molecule has 0 aliphatic rings. The summed E-state index contributed by atoms with van der Waals surface area (Å²) >= 11 is 3.41. The predicted octanol–water partition coefficient (Wildman–Crippen LogP) is 5.04. The van der Waals surface area contributed by atoms with Crippen molar-refractivity contribution in [3.05, 3.63) is 80.4 Å². The van der Waals surface area contributed by atoms with Crippen LogP contribution in [-0.2, 0) is 23.9 Å². The van der Waals surface area contributed by atoms with Crippen molar-refractivity contribution in [2.24, 2.45) is 0 Å². The number of aromatic nitrogens is 3. The van der Waals surface area contributed by atoms with E-state index in [1.54, 1.807) is 35.8 Å². The zero-order chi connectivity index (χ0) is 25.5. The number of aryl methyl sites for hydroxylation is 1. The summed E-state index contributed by atoms with van der Waals surface area (Å²) in [6.45, 7) is 3.35. The standard InChI is InChI=1S/C24H21BrF3N5O2/c1-3-18-20(16-6-4-5-7-17(16)29)22(35)33-21(25)13(2)30-23(33)32(18)12-19(34)31-15-10-8-14(9-11-15)24(26,27)28/h4-11H,3,12,29H2,1-2H3,(H,31,34). The molecule has 4 rings (SSSR count). The highest BCUT2D eigenvalue weighted by Gasteiger charge is 2.30. The Morgan fingerprint density at radius 1 is 1.14 bits per heavy atom. The highest BCUT2D eigenvalue weighted by molar-refractivity contribution is 9.10. The summed E-state index contributed by atoms with van der Waals surface area (Å²) in [7, 11) is 0. The number of nitrogens with one attached hydrogen (secondary N) is 1. The fourth-order valence-corrected chi connectivity index (χ4v) is 4.37. The highest BCUT2D eigenvalue weighted by atomic mass is 79.9. The lowest BCUT2D eigenvalue weighted by atomic mass is 10.0. The number of fused-ring (bicyclic) bond motifs is 1. The molecule has 11 heteroatoms. The van der Waals surface area contributed by atoms with Gasteiger partial charge in [-0.15, -0.1) is 0 Å². The third-order valence-electron chi connectivity index (χ3n) is 5.60. The molecular formula is C24H21BrF3N5O2. The molecule has 35 heavy (non-hydrogen) atoms. The smallest absolute Gasteiger partial charge is 0.398 e. The molecule has 182 valence electrons. The third-order valence-corrected chi connectivity index (χ3v) is 6.53. The summed E-state index contributed by atoms with van der Waals surface area (Å²) in [5.74, 6) is -0.231. The Morgan fingerprint density at radius 3 is 2.40 bits per heavy atom. The average Bonchev–Trinajstić information content (AvgIpc) is 3.10. The van der Waals surface area contributed by atoms with Crippen LogP contribution in [0.4, 0.5) is 24.5 Å². The molecule has 0 aliphatic heterocycles. The van der Waals surface area contributed by atoms with Crippen LogP contribution >= 0.6 is 15.9 Å². The van der Waals surface area contributed by atoms with Crippen molar-refractivity contribution in [3.63, 3.8) is 0 Å². The number of para-hydroxylation sites is 1. The van der Waals surface area contributed by atoms with Crippen LogP contribution in [0.5, 0.6) is 0 Å². The topological polar surface area (TPSA) is 94.4 Å². The minimum Gasteiger partial charge on any atom is -0.398 e. The van der Waals surface area contributed by atoms with Crippen molar-refractivity contribution >= 4 is 39.0 Å². The average molecular weight is 548 g/mol. The number of carbonyl (C=O) groups is 1. The van der Waals surface area contributed by atoms with Gasteiger partial charge in [0.25, 0.3) is 5.56 Å². The largest absolute Gasteiger partial charge is 0.416 e. The summed E-state index contributed by atoms with van der Waals surface area (Å²) in [6, 6.07) is 11.1. The lowest BCUT2D eigenvalue weighted by molar-refractivity contribution is -0.137. The summed E-state index contributed by atoms with van der Waals surface area (Å²) in [5, 5.41) is 2.61. The van der Waals surface area contributed by atoms with Gasteiger partial charge < -0.3 is 15.6 Å². The lowest BCUT2D eigenvalue weighted by Gasteiger charge is -2.19. The number of nitrogen functional groups attached to an aromatic ring is 1. The molecule has 0 radical (unpaired) electrons. The maximum atomic E-state index is 13.6. The van der Waals surface area contributed by atoms with E-state index < -0.39 is 17.6 Å². The highest BCUT2D eigenvalue weighted by Crippen LogP contribution is 2.31. The number of amides is 1. The fraction of sp³-hybridized carbons (Fsp3) is 0.208. The fourth-order valence-electron chi connectivity index (χ4n) is 3.96. The molecule has 0 bridgehead atoms. The maximum Gasteiger partial charge on any atom is 0.416 e.